The van der Waals surface area contributed by atoms with Crippen LogP contribution in [0.15, 0.2) is 42.1 Å². The molecular weight excluding hydrogens is 308 g/mol. The zero-order valence-corrected chi connectivity index (χ0v) is 14.4. The highest BCUT2D eigenvalue weighted by Crippen LogP contribution is 2.34. The van der Waals surface area contributed by atoms with E-state index in [4.69, 9.17) is 0 Å². The Morgan fingerprint density at radius 1 is 1.16 bits per heavy atom. The maximum Gasteiger partial charge on any atom is 0.0988 e. The molecule has 4 heteroatoms. The van der Waals surface area contributed by atoms with Gasteiger partial charge in [0.05, 0.1) is 6.07 Å². The number of nitriles is 1. The van der Waals surface area contributed by atoms with Crippen molar-refractivity contribution < 1.29 is 0 Å². The van der Waals surface area contributed by atoms with Crippen LogP contribution < -0.4 is 16.0 Å². The molecule has 1 atom stereocenters. The van der Waals surface area contributed by atoms with Gasteiger partial charge in [0.2, 0.25) is 0 Å². The Kier molecular flexibility index (Phi) is 4.58. The van der Waals surface area contributed by atoms with Gasteiger partial charge in [0.15, 0.2) is 0 Å². The molecular formula is C21H24N4. The van der Waals surface area contributed by atoms with E-state index in [1.54, 1.807) is 0 Å². The molecule has 25 heavy (non-hydrogen) atoms. The molecule has 0 spiro atoms. The van der Waals surface area contributed by atoms with Gasteiger partial charge in [-0.2, -0.15) is 5.26 Å². The fraction of sp³-hybridized carbons (Fsp3) is 0.381. The van der Waals surface area contributed by atoms with Crippen LogP contribution in [0, 0.1) is 11.3 Å². The monoisotopic (exact) mass is 332 g/mol. The number of fused-ring (bicyclic) bond motifs is 1. The van der Waals surface area contributed by atoms with E-state index in [-0.39, 0.29) is 5.92 Å². The second-order valence-electron chi connectivity index (χ2n) is 7.00. The minimum Gasteiger partial charge on any atom is -0.387 e. The number of piperidine rings is 1. The van der Waals surface area contributed by atoms with E-state index >= 15 is 0 Å². The molecule has 1 fully saturated rings. The predicted octanol–water partition coefficient (Wildman–Crippen LogP) is 3.42. The van der Waals surface area contributed by atoms with E-state index in [1.165, 1.54) is 22.4 Å². The van der Waals surface area contributed by atoms with Crippen LogP contribution in [0.3, 0.4) is 0 Å². The van der Waals surface area contributed by atoms with Gasteiger partial charge in [0.25, 0.3) is 0 Å². The van der Waals surface area contributed by atoms with Crippen LogP contribution in [-0.2, 0) is 6.54 Å². The van der Waals surface area contributed by atoms with Gasteiger partial charge < -0.3 is 16.0 Å². The maximum atomic E-state index is 9.21. The van der Waals surface area contributed by atoms with Gasteiger partial charge in [-0.3, -0.25) is 0 Å². The summed E-state index contributed by atoms with van der Waals surface area (Å²) in [6.07, 6.45) is 13.6. The fourth-order valence-electron chi connectivity index (χ4n) is 3.89. The second-order valence-corrected chi connectivity index (χ2v) is 7.00. The summed E-state index contributed by atoms with van der Waals surface area (Å²) < 4.78 is 0. The summed E-state index contributed by atoms with van der Waals surface area (Å²) in [5.74, 6) is 0.279. The van der Waals surface area contributed by atoms with Crippen LogP contribution in [0.1, 0.15) is 41.9 Å². The quantitative estimate of drug-likeness (QED) is 0.794. The molecule has 3 aliphatic rings. The smallest absolute Gasteiger partial charge is 0.0988 e. The summed E-state index contributed by atoms with van der Waals surface area (Å²) in [5, 5.41) is 19.8. The van der Waals surface area contributed by atoms with Crippen molar-refractivity contribution in [3.05, 3.63) is 58.8 Å². The minimum absolute atomic E-state index is 0.279. The number of allylic oxidation sites excluding steroid dienone is 4. The molecule has 0 bridgehead atoms. The van der Waals surface area contributed by atoms with Crippen molar-refractivity contribution in [2.45, 2.75) is 37.8 Å². The van der Waals surface area contributed by atoms with Crippen molar-refractivity contribution in [3.8, 4) is 6.07 Å². The van der Waals surface area contributed by atoms with Crippen LogP contribution >= 0.6 is 0 Å². The normalized spacial score (nSPS) is 22.5. The van der Waals surface area contributed by atoms with Crippen LogP contribution in [0.4, 0.5) is 5.69 Å². The molecule has 1 aromatic carbocycles. The van der Waals surface area contributed by atoms with Crippen LogP contribution in [-0.4, -0.2) is 19.1 Å². The molecule has 4 nitrogen and oxygen atoms in total. The van der Waals surface area contributed by atoms with Crippen molar-refractivity contribution >= 4 is 11.8 Å². The first-order valence-electron chi connectivity index (χ1n) is 9.16. The third-order valence-electron chi connectivity index (χ3n) is 5.29. The SMILES string of the molecule is N#CC1=CC(c2cc3c(c(NC4CCNCC4)c2)CNC=C3)CC=C1. The predicted molar refractivity (Wildman–Crippen MR) is 102 cm³/mol. The van der Waals surface area contributed by atoms with E-state index in [9.17, 15) is 5.26 Å². The maximum absolute atomic E-state index is 9.21. The van der Waals surface area contributed by atoms with Gasteiger partial charge in [-0.25, -0.2) is 0 Å². The van der Waals surface area contributed by atoms with Crippen molar-refractivity contribution in [1.29, 1.82) is 5.26 Å². The van der Waals surface area contributed by atoms with E-state index in [1.807, 2.05) is 12.3 Å². The summed E-state index contributed by atoms with van der Waals surface area (Å²) in [7, 11) is 0. The third-order valence-corrected chi connectivity index (χ3v) is 5.29. The van der Waals surface area contributed by atoms with Gasteiger partial charge in [-0.1, -0.05) is 18.2 Å². The molecule has 128 valence electrons. The minimum atomic E-state index is 0.279. The average molecular weight is 332 g/mol. The highest BCUT2D eigenvalue weighted by molar-refractivity contribution is 5.68. The van der Waals surface area contributed by atoms with Crippen molar-refractivity contribution in [2.24, 2.45) is 0 Å². The van der Waals surface area contributed by atoms with E-state index in [0.717, 1.165) is 44.5 Å². The first-order chi connectivity index (χ1) is 12.3. The average Bonchev–Trinajstić information content (AvgIpc) is 2.69. The Hall–Kier alpha value is -2.51. The highest BCUT2D eigenvalue weighted by Gasteiger charge is 2.20. The van der Waals surface area contributed by atoms with Crippen molar-refractivity contribution in [3.63, 3.8) is 0 Å². The Balaban J connectivity index is 1.68. The van der Waals surface area contributed by atoms with E-state index in [0.29, 0.717) is 6.04 Å². The number of hydrogen-bond acceptors (Lipinski definition) is 4. The summed E-state index contributed by atoms with van der Waals surface area (Å²) in [6.45, 7) is 3.03. The number of nitrogens with one attached hydrogen (secondary N) is 3. The van der Waals surface area contributed by atoms with Crippen LogP contribution in [0.25, 0.3) is 6.08 Å². The van der Waals surface area contributed by atoms with Crippen molar-refractivity contribution in [1.82, 2.24) is 10.6 Å². The Morgan fingerprint density at radius 2 is 2.04 bits per heavy atom. The molecule has 3 N–H and O–H groups in total. The molecule has 4 rings (SSSR count). The summed E-state index contributed by atoms with van der Waals surface area (Å²) in [5.41, 5.74) is 5.94. The Labute approximate surface area is 149 Å². The molecule has 1 aliphatic carbocycles. The molecule has 2 aliphatic heterocycles. The molecule has 1 aromatic rings. The van der Waals surface area contributed by atoms with Gasteiger partial charge in [-0.15, -0.1) is 0 Å². The molecule has 1 saturated heterocycles. The molecule has 0 aromatic heterocycles. The number of rotatable bonds is 3. The van der Waals surface area contributed by atoms with Gasteiger partial charge in [-0.05, 0) is 67.9 Å². The largest absolute Gasteiger partial charge is 0.387 e. The summed E-state index contributed by atoms with van der Waals surface area (Å²) in [6, 6.07) is 7.39. The highest BCUT2D eigenvalue weighted by atomic mass is 15.0. The zero-order chi connectivity index (χ0) is 17.1. The number of anilines is 1. The Morgan fingerprint density at radius 3 is 2.88 bits per heavy atom. The second kappa shape index (κ2) is 7.16. The number of benzene rings is 1. The molecule has 2 heterocycles. The lowest BCUT2D eigenvalue weighted by molar-refractivity contribution is 0.478. The van der Waals surface area contributed by atoms with Gasteiger partial charge in [0.1, 0.15) is 0 Å². The first kappa shape index (κ1) is 16.0. The van der Waals surface area contributed by atoms with Gasteiger partial charge >= 0.3 is 0 Å². The van der Waals surface area contributed by atoms with Crippen molar-refractivity contribution in [2.75, 3.05) is 18.4 Å². The Bertz CT molecular complexity index is 776. The van der Waals surface area contributed by atoms with Crippen LogP contribution in [0.5, 0.6) is 0 Å². The zero-order valence-electron chi connectivity index (χ0n) is 14.4. The summed E-state index contributed by atoms with van der Waals surface area (Å²) in [4.78, 5) is 0. The third kappa shape index (κ3) is 3.47. The van der Waals surface area contributed by atoms with Crippen LogP contribution in [0.2, 0.25) is 0 Å². The topological polar surface area (TPSA) is 59.9 Å². The lowest BCUT2D eigenvalue weighted by atomic mass is 9.86. The lowest BCUT2D eigenvalue weighted by Crippen LogP contribution is -2.35. The number of hydrogen-bond donors (Lipinski definition) is 3. The van der Waals surface area contributed by atoms with Gasteiger partial charge in [0, 0.05) is 35.3 Å². The fourth-order valence-corrected chi connectivity index (χ4v) is 3.89. The molecule has 0 saturated carbocycles. The first-order valence-corrected chi connectivity index (χ1v) is 9.16. The summed E-state index contributed by atoms with van der Waals surface area (Å²) >= 11 is 0. The molecule has 0 amide bonds. The van der Waals surface area contributed by atoms with E-state index < -0.39 is 0 Å². The molecule has 0 radical (unpaired) electrons. The number of nitrogens with zero attached hydrogens (tertiary/aromatic N) is 1. The standard InChI is InChI=1S/C21H24N4/c22-13-15-2-1-3-16(10-15)18-11-17-4-7-24-14-20(17)21(12-18)25-19-5-8-23-9-6-19/h1-2,4,7,10-12,16,19,23-25H,3,5-6,8-9,14H2. The lowest BCUT2D eigenvalue weighted by Gasteiger charge is -2.28. The van der Waals surface area contributed by atoms with E-state index in [2.05, 4.69) is 52.4 Å². The molecule has 1 unspecified atom stereocenters.